The van der Waals surface area contributed by atoms with Gasteiger partial charge in [0.05, 0.1) is 30.9 Å². The first-order valence-corrected chi connectivity index (χ1v) is 10.7. The monoisotopic (exact) mass is 513 g/mol. The molecule has 13 heteroatoms. The van der Waals surface area contributed by atoms with Crippen LogP contribution in [0.4, 0.5) is 30.7 Å². The smallest absolute Gasteiger partial charge is 0.374 e. The first-order valence-electron chi connectivity index (χ1n) is 10.7. The number of aromatic nitrogens is 1. The first-order chi connectivity index (χ1) is 16.8. The van der Waals surface area contributed by atoms with E-state index >= 15 is 4.39 Å². The standard InChI is InChI=1S/C23H18F7N5O/c1-12(2)20(33-11-31)35-9-21(27,10-35)18-4-3-13(8-32-18)17-7-22(36-34-17,23(28,29)30)14-5-15(24)19(26)16(25)6-14/h3-6,8,12H,7,9-10H2,1-2H3. The van der Waals surface area contributed by atoms with Crippen LogP contribution in [-0.4, -0.2) is 40.7 Å². The fraction of sp³-hybridized carbons (Fsp3) is 0.391. The van der Waals surface area contributed by atoms with E-state index in [0.29, 0.717) is 5.84 Å². The summed E-state index contributed by atoms with van der Waals surface area (Å²) in [6, 6.07) is 3.01. The van der Waals surface area contributed by atoms with Crippen molar-refractivity contribution in [1.29, 1.82) is 5.26 Å². The van der Waals surface area contributed by atoms with E-state index in [-0.39, 0.29) is 48.1 Å². The largest absolute Gasteiger partial charge is 0.435 e. The van der Waals surface area contributed by atoms with Crippen molar-refractivity contribution in [2.45, 2.75) is 37.7 Å². The third-order valence-electron chi connectivity index (χ3n) is 6.08. The molecule has 1 saturated heterocycles. The number of oxime groups is 1. The molecule has 190 valence electrons. The fourth-order valence-corrected chi connectivity index (χ4v) is 4.18. The number of pyridine rings is 1. The van der Waals surface area contributed by atoms with Crippen LogP contribution in [-0.2, 0) is 16.1 Å². The molecule has 0 saturated carbocycles. The summed E-state index contributed by atoms with van der Waals surface area (Å²) in [4.78, 5) is 14.0. The summed E-state index contributed by atoms with van der Waals surface area (Å²) in [6.45, 7) is 3.39. The molecule has 2 aliphatic heterocycles. The van der Waals surface area contributed by atoms with Crippen molar-refractivity contribution in [2.75, 3.05) is 13.1 Å². The maximum Gasteiger partial charge on any atom is 0.435 e. The molecule has 4 rings (SSSR count). The van der Waals surface area contributed by atoms with Gasteiger partial charge < -0.3 is 9.74 Å². The number of hydrogen-bond donors (Lipinski definition) is 0. The number of likely N-dealkylation sites (tertiary alicyclic amines) is 1. The second-order valence-corrected chi connectivity index (χ2v) is 8.86. The number of halogens is 7. The Morgan fingerprint density at radius 2 is 1.81 bits per heavy atom. The quantitative estimate of drug-likeness (QED) is 0.188. The molecule has 1 unspecified atom stereocenters. The molecule has 6 nitrogen and oxygen atoms in total. The third-order valence-corrected chi connectivity index (χ3v) is 6.08. The van der Waals surface area contributed by atoms with Crippen molar-refractivity contribution in [2.24, 2.45) is 16.1 Å². The molecular formula is C23H18F7N5O. The Kier molecular flexibility index (Phi) is 6.18. The van der Waals surface area contributed by atoms with Crippen molar-refractivity contribution < 1.29 is 35.6 Å². The average Bonchev–Trinajstić information content (AvgIpc) is 3.26. The number of rotatable bonds is 4. The Hall–Kier alpha value is -3.69. The zero-order valence-corrected chi connectivity index (χ0v) is 18.9. The van der Waals surface area contributed by atoms with E-state index in [1.165, 1.54) is 12.1 Å². The summed E-state index contributed by atoms with van der Waals surface area (Å²) in [7, 11) is 0. The van der Waals surface area contributed by atoms with Crippen molar-refractivity contribution in [1.82, 2.24) is 9.88 Å². The number of nitriles is 1. The van der Waals surface area contributed by atoms with Crippen molar-refractivity contribution in [3.8, 4) is 6.19 Å². The van der Waals surface area contributed by atoms with Crippen molar-refractivity contribution >= 4 is 11.5 Å². The molecule has 1 aromatic heterocycles. The van der Waals surface area contributed by atoms with Crippen LogP contribution in [0.15, 0.2) is 40.6 Å². The van der Waals surface area contributed by atoms with Crippen LogP contribution >= 0.6 is 0 Å². The number of aliphatic imine (C=N–C) groups is 1. The molecule has 0 aliphatic carbocycles. The van der Waals surface area contributed by atoms with Crippen LogP contribution in [0, 0.1) is 34.8 Å². The molecule has 0 spiro atoms. The lowest BCUT2D eigenvalue weighted by molar-refractivity contribution is -0.276. The summed E-state index contributed by atoms with van der Waals surface area (Å²) >= 11 is 0. The second-order valence-electron chi connectivity index (χ2n) is 8.86. The SMILES string of the molecule is CC(C)C(=NC#N)N1CC(F)(c2ccc(C3=NOC(c4cc(F)c(F)c(F)c4)(C(F)(F)F)C3)cn2)C1. The van der Waals surface area contributed by atoms with Crippen LogP contribution in [0.25, 0.3) is 0 Å². The van der Waals surface area contributed by atoms with Crippen LogP contribution in [0.2, 0.25) is 0 Å². The third kappa shape index (κ3) is 4.14. The summed E-state index contributed by atoms with van der Waals surface area (Å²) in [5.41, 5.74) is -6.26. The highest BCUT2D eigenvalue weighted by Crippen LogP contribution is 2.49. The van der Waals surface area contributed by atoms with Crippen LogP contribution in [0.3, 0.4) is 0 Å². The fourth-order valence-electron chi connectivity index (χ4n) is 4.18. The lowest BCUT2D eigenvalue weighted by Gasteiger charge is -2.46. The van der Waals surface area contributed by atoms with E-state index in [1.54, 1.807) is 11.1 Å². The van der Waals surface area contributed by atoms with Gasteiger partial charge in [0.1, 0.15) is 5.84 Å². The summed E-state index contributed by atoms with van der Waals surface area (Å²) < 4.78 is 98.0. The maximum atomic E-state index is 15.3. The normalized spacial score (nSPS) is 21.6. The average molecular weight is 513 g/mol. The Labute approximate surface area is 200 Å². The van der Waals surface area contributed by atoms with Gasteiger partial charge in [0.15, 0.2) is 23.1 Å². The molecule has 0 N–H and O–H groups in total. The summed E-state index contributed by atoms with van der Waals surface area (Å²) in [6.07, 6.45) is -3.34. The first kappa shape index (κ1) is 25.4. The van der Waals surface area contributed by atoms with E-state index in [1.807, 2.05) is 13.8 Å². The number of alkyl halides is 4. The van der Waals surface area contributed by atoms with Gasteiger partial charge in [-0.1, -0.05) is 19.0 Å². The van der Waals surface area contributed by atoms with E-state index in [0.717, 1.165) is 6.20 Å². The minimum Gasteiger partial charge on any atom is -0.374 e. The van der Waals surface area contributed by atoms with Gasteiger partial charge in [-0.05, 0) is 24.3 Å². The predicted molar refractivity (Wildman–Crippen MR) is 113 cm³/mol. The Morgan fingerprint density at radius 1 is 1.17 bits per heavy atom. The molecule has 0 radical (unpaired) electrons. The Morgan fingerprint density at radius 3 is 2.31 bits per heavy atom. The summed E-state index contributed by atoms with van der Waals surface area (Å²) in [5, 5.41) is 12.3. The van der Waals surface area contributed by atoms with Gasteiger partial charge in [-0.3, -0.25) is 4.98 Å². The van der Waals surface area contributed by atoms with Crippen LogP contribution in [0.1, 0.15) is 37.1 Å². The lowest BCUT2D eigenvalue weighted by Crippen LogP contribution is -2.60. The minimum atomic E-state index is -5.17. The second kappa shape index (κ2) is 8.76. The van der Waals surface area contributed by atoms with Crippen LogP contribution in [0.5, 0.6) is 0 Å². The molecule has 0 bridgehead atoms. The van der Waals surface area contributed by atoms with E-state index in [4.69, 9.17) is 5.26 Å². The van der Waals surface area contributed by atoms with Gasteiger partial charge in [-0.15, -0.1) is 0 Å². The molecule has 2 aliphatic rings. The van der Waals surface area contributed by atoms with Gasteiger partial charge in [0, 0.05) is 23.2 Å². The zero-order valence-electron chi connectivity index (χ0n) is 18.9. The number of hydrogen-bond acceptors (Lipinski definition) is 5. The molecular weight excluding hydrogens is 495 g/mol. The van der Waals surface area contributed by atoms with Crippen molar-refractivity contribution in [3.05, 3.63) is 64.7 Å². The van der Waals surface area contributed by atoms with Crippen LogP contribution < -0.4 is 0 Å². The topological polar surface area (TPSA) is 73.9 Å². The Bertz CT molecular complexity index is 1250. The number of benzene rings is 1. The number of amidine groups is 1. The van der Waals surface area contributed by atoms with Crippen molar-refractivity contribution in [3.63, 3.8) is 0 Å². The molecule has 3 heterocycles. The minimum absolute atomic E-state index is 0.0202. The Balaban J connectivity index is 1.55. The maximum absolute atomic E-state index is 15.3. The van der Waals surface area contributed by atoms with Gasteiger partial charge in [0.2, 0.25) is 6.19 Å². The van der Waals surface area contributed by atoms with Gasteiger partial charge in [-0.25, -0.2) is 17.6 Å². The highest BCUT2D eigenvalue weighted by atomic mass is 19.4. The van der Waals surface area contributed by atoms with E-state index in [9.17, 15) is 26.3 Å². The molecule has 1 fully saturated rings. The van der Waals surface area contributed by atoms with Gasteiger partial charge >= 0.3 is 6.18 Å². The molecule has 1 aromatic carbocycles. The predicted octanol–water partition coefficient (Wildman–Crippen LogP) is 5.10. The molecule has 36 heavy (non-hydrogen) atoms. The van der Waals surface area contributed by atoms with Gasteiger partial charge in [-0.2, -0.15) is 23.4 Å². The highest BCUT2D eigenvalue weighted by Gasteiger charge is 2.62. The number of nitrogens with zero attached hydrogens (tertiary/aromatic N) is 5. The van der Waals surface area contributed by atoms with E-state index < -0.39 is 46.9 Å². The molecule has 0 amide bonds. The summed E-state index contributed by atoms with van der Waals surface area (Å²) in [5.74, 6) is -5.21. The van der Waals surface area contributed by atoms with E-state index in [2.05, 4.69) is 20.0 Å². The highest BCUT2D eigenvalue weighted by molar-refractivity contribution is 6.01. The van der Waals surface area contributed by atoms with Gasteiger partial charge in [0.25, 0.3) is 5.60 Å². The lowest BCUT2D eigenvalue weighted by atomic mass is 9.86. The molecule has 2 aromatic rings. The zero-order chi connectivity index (χ0) is 26.5. The molecule has 1 atom stereocenters.